The number of aryl methyl sites for hydroxylation is 1. The number of benzene rings is 3. The fourth-order valence-corrected chi connectivity index (χ4v) is 4.31. The van der Waals surface area contributed by atoms with Crippen LogP contribution in [0.25, 0.3) is 5.76 Å². The highest BCUT2D eigenvalue weighted by molar-refractivity contribution is 9.10. The second kappa shape index (κ2) is 9.41. The summed E-state index contributed by atoms with van der Waals surface area (Å²) in [6, 6.07) is 18.3. The van der Waals surface area contributed by atoms with E-state index in [4.69, 9.17) is 16.3 Å². The quantitative estimate of drug-likeness (QED) is 0.236. The summed E-state index contributed by atoms with van der Waals surface area (Å²) in [7, 11) is 0. The maximum Gasteiger partial charge on any atom is 0.300 e. The normalized spacial score (nSPS) is 17.5. The molecular weight excluding hydrogens is 506 g/mol. The Balaban J connectivity index is 1.91. The summed E-state index contributed by atoms with van der Waals surface area (Å²) >= 11 is 9.49. The molecule has 0 aliphatic carbocycles. The highest BCUT2D eigenvalue weighted by atomic mass is 79.9. The van der Waals surface area contributed by atoms with Crippen molar-refractivity contribution >= 4 is 50.7 Å². The number of hydrogen-bond acceptors (Lipinski definition) is 4. The molecule has 0 bridgehead atoms. The van der Waals surface area contributed by atoms with Crippen molar-refractivity contribution < 1.29 is 19.4 Å². The highest BCUT2D eigenvalue weighted by Crippen LogP contribution is 2.43. The van der Waals surface area contributed by atoms with Crippen LogP contribution in [0.4, 0.5) is 5.69 Å². The van der Waals surface area contributed by atoms with Crippen molar-refractivity contribution in [2.75, 3.05) is 11.5 Å². The van der Waals surface area contributed by atoms with Gasteiger partial charge in [-0.05, 0) is 73.5 Å². The second-order valence-corrected chi connectivity index (χ2v) is 8.90. The fraction of sp³-hybridized carbons (Fsp3) is 0.154. The minimum Gasteiger partial charge on any atom is -0.507 e. The molecule has 3 aromatic rings. The molecule has 1 N–H and O–H groups in total. The zero-order valence-corrected chi connectivity index (χ0v) is 20.4. The Morgan fingerprint density at radius 3 is 2.33 bits per heavy atom. The van der Waals surface area contributed by atoms with Crippen LogP contribution in [0, 0.1) is 6.92 Å². The summed E-state index contributed by atoms with van der Waals surface area (Å²) < 4.78 is 6.34. The Morgan fingerprint density at radius 2 is 1.73 bits per heavy atom. The number of halogens is 2. The standard InChI is InChI=1S/C26H21BrClNO4/c1-3-33-20-12-7-16(8-13-20)23-22(24(30)17-5-9-18(28)10-6-17)25(31)26(32)29(23)19-11-4-15(2)21(27)14-19/h4-14,23,30H,3H2,1-2H3/b24-22-. The van der Waals surface area contributed by atoms with Crippen molar-refractivity contribution in [1.82, 2.24) is 0 Å². The van der Waals surface area contributed by atoms with Crippen LogP contribution in [-0.4, -0.2) is 23.4 Å². The van der Waals surface area contributed by atoms with Gasteiger partial charge in [-0.15, -0.1) is 0 Å². The highest BCUT2D eigenvalue weighted by Gasteiger charge is 2.47. The number of hydrogen-bond donors (Lipinski definition) is 1. The maximum atomic E-state index is 13.2. The fourth-order valence-electron chi connectivity index (χ4n) is 3.82. The first-order chi connectivity index (χ1) is 15.8. The Hall–Kier alpha value is -3.09. The third-order valence-electron chi connectivity index (χ3n) is 5.50. The largest absolute Gasteiger partial charge is 0.507 e. The average Bonchev–Trinajstić information content (AvgIpc) is 3.07. The first-order valence-corrected chi connectivity index (χ1v) is 11.5. The van der Waals surface area contributed by atoms with Gasteiger partial charge in [0.2, 0.25) is 0 Å². The number of carbonyl (C=O) groups excluding carboxylic acids is 2. The molecule has 1 aliphatic heterocycles. The Bertz CT molecular complexity index is 1250. The van der Waals surface area contributed by atoms with Gasteiger partial charge in [-0.3, -0.25) is 14.5 Å². The number of anilines is 1. The van der Waals surface area contributed by atoms with Crippen molar-refractivity contribution in [3.63, 3.8) is 0 Å². The van der Waals surface area contributed by atoms with Crippen LogP contribution in [0.15, 0.2) is 76.8 Å². The number of ether oxygens (including phenoxy) is 1. The zero-order valence-electron chi connectivity index (χ0n) is 18.0. The van der Waals surface area contributed by atoms with Gasteiger partial charge in [-0.25, -0.2) is 0 Å². The SMILES string of the molecule is CCOc1ccc(C2/C(=C(/O)c3ccc(Cl)cc3)C(=O)C(=O)N2c2ccc(C)c(Br)c2)cc1. The van der Waals surface area contributed by atoms with Crippen LogP contribution in [-0.2, 0) is 9.59 Å². The van der Waals surface area contributed by atoms with E-state index in [-0.39, 0.29) is 11.3 Å². The molecule has 5 nitrogen and oxygen atoms in total. The molecule has 0 spiro atoms. The van der Waals surface area contributed by atoms with Gasteiger partial charge in [-0.1, -0.05) is 45.7 Å². The molecule has 1 amide bonds. The van der Waals surface area contributed by atoms with Crippen molar-refractivity contribution in [2.45, 2.75) is 19.9 Å². The number of carbonyl (C=O) groups is 2. The molecule has 3 aromatic carbocycles. The molecule has 1 atom stereocenters. The predicted molar refractivity (Wildman–Crippen MR) is 133 cm³/mol. The van der Waals surface area contributed by atoms with Crippen LogP contribution in [0.3, 0.4) is 0 Å². The average molecular weight is 527 g/mol. The molecule has 168 valence electrons. The minimum absolute atomic E-state index is 0.0168. The molecule has 4 rings (SSSR count). The third kappa shape index (κ3) is 4.41. The van der Waals surface area contributed by atoms with E-state index in [0.717, 1.165) is 10.0 Å². The van der Waals surface area contributed by atoms with Crippen LogP contribution < -0.4 is 9.64 Å². The predicted octanol–water partition coefficient (Wildman–Crippen LogP) is 6.44. The second-order valence-electron chi connectivity index (χ2n) is 7.61. The Morgan fingerprint density at radius 1 is 1.06 bits per heavy atom. The Kier molecular flexibility index (Phi) is 6.58. The van der Waals surface area contributed by atoms with E-state index in [2.05, 4.69) is 15.9 Å². The van der Waals surface area contributed by atoms with Crippen molar-refractivity contribution in [3.8, 4) is 5.75 Å². The lowest BCUT2D eigenvalue weighted by Gasteiger charge is -2.26. The summed E-state index contributed by atoms with van der Waals surface area (Å²) in [6.07, 6.45) is 0. The van der Waals surface area contributed by atoms with Gasteiger partial charge in [0.1, 0.15) is 11.5 Å². The van der Waals surface area contributed by atoms with Crippen LogP contribution in [0.5, 0.6) is 5.75 Å². The molecule has 0 aromatic heterocycles. The number of ketones is 1. The summed E-state index contributed by atoms with van der Waals surface area (Å²) in [5.74, 6) is -1.04. The van der Waals surface area contributed by atoms with Crippen LogP contribution in [0.2, 0.25) is 5.02 Å². The monoisotopic (exact) mass is 525 g/mol. The van der Waals surface area contributed by atoms with E-state index in [9.17, 15) is 14.7 Å². The number of rotatable bonds is 5. The van der Waals surface area contributed by atoms with E-state index in [1.165, 1.54) is 4.90 Å². The lowest BCUT2D eigenvalue weighted by atomic mass is 9.95. The first-order valence-electron chi connectivity index (χ1n) is 10.4. The van der Waals surface area contributed by atoms with Gasteiger partial charge in [-0.2, -0.15) is 0 Å². The molecule has 1 saturated heterocycles. The molecule has 7 heteroatoms. The maximum absolute atomic E-state index is 13.2. The lowest BCUT2D eigenvalue weighted by Crippen LogP contribution is -2.29. The summed E-state index contributed by atoms with van der Waals surface area (Å²) in [4.78, 5) is 27.8. The zero-order chi connectivity index (χ0) is 23.7. The minimum atomic E-state index is -0.814. The van der Waals surface area contributed by atoms with Crippen molar-refractivity contribution in [1.29, 1.82) is 0 Å². The van der Waals surface area contributed by atoms with Gasteiger partial charge in [0.25, 0.3) is 11.7 Å². The smallest absolute Gasteiger partial charge is 0.300 e. The van der Waals surface area contributed by atoms with Crippen LogP contribution in [0.1, 0.15) is 29.7 Å². The van der Waals surface area contributed by atoms with Gasteiger partial charge in [0.15, 0.2) is 0 Å². The Labute approximate surface area is 205 Å². The van der Waals surface area contributed by atoms with Gasteiger partial charge < -0.3 is 9.84 Å². The molecular formula is C26H21BrClNO4. The number of aliphatic hydroxyl groups excluding tert-OH is 1. The van der Waals surface area contributed by atoms with Gasteiger partial charge in [0.05, 0.1) is 18.2 Å². The molecule has 33 heavy (non-hydrogen) atoms. The molecule has 1 aliphatic rings. The van der Waals surface area contributed by atoms with E-state index in [1.54, 1.807) is 60.7 Å². The van der Waals surface area contributed by atoms with E-state index >= 15 is 0 Å². The number of aliphatic hydroxyl groups is 1. The van der Waals surface area contributed by atoms with Crippen molar-refractivity contribution in [3.05, 3.63) is 98.5 Å². The topological polar surface area (TPSA) is 66.8 Å². The van der Waals surface area contributed by atoms with Crippen LogP contribution >= 0.6 is 27.5 Å². The number of nitrogens with zero attached hydrogens (tertiary/aromatic N) is 1. The number of amides is 1. The summed E-state index contributed by atoms with van der Waals surface area (Å²) in [5, 5.41) is 11.6. The van der Waals surface area contributed by atoms with E-state index in [0.29, 0.717) is 34.2 Å². The summed E-state index contributed by atoms with van der Waals surface area (Å²) in [5.41, 5.74) is 2.63. The molecule has 0 saturated carbocycles. The number of Topliss-reactive ketones (excluding diaryl/α,β-unsaturated/α-hetero) is 1. The lowest BCUT2D eigenvalue weighted by molar-refractivity contribution is -0.132. The van der Waals surface area contributed by atoms with E-state index in [1.807, 2.05) is 19.9 Å². The van der Waals surface area contributed by atoms with Gasteiger partial charge >= 0.3 is 0 Å². The molecule has 1 unspecified atom stereocenters. The molecule has 1 fully saturated rings. The molecule has 0 radical (unpaired) electrons. The van der Waals surface area contributed by atoms with Crippen molar-refractivity contribution in [2.24, 2.45) is 0 Å². The third-order valence-corrected chi connectivity index (χ3v) is 6.61. The first kappa shape index (κ1) is 23.1. The van der Waals surface area contributed by atoms with E-state index < -0.39 is 17.7 Å². The summed E-state index contributed by atoms with van der Waals surface area (Å²) in [6.45, 7) is 4.35. The molecule has 1 heterocycles. The van der Waals surface area contributed by atoms with Gasteiger partial charge in [0, 0.05) is 20.7 Å².